The van der Waals surface area contributed by atoms with Crippen LogP contribution in [0.2, 0.25) is 0 Å². The Bertz CT molecular complexity index is 844. The van der Waals surface area contributed by atoms with E-state index in [1.165, 1.54) is 0 Å². The van der Waals surface area contributed by atoms with Crippen LogP contribution in [0.15, 0.2) is 36.5 Å². The molecule has 4 heteroatoms. The SMILES string of the molecule is O=C(O)C1(c2ccc3[nH]c4ncccc4c3c2)CCCC1. The molecule has 0 aliphatic heterocycles. The van der Waals surface area contributed by atoms with Crippen LogP contribution in [0.25, 0.3) is 21.9 Å². The Morgan fingerprint density at radius 1 is 1.19 bits per heavy atom. The number of hydrogen-bond donors (Lipinski definition) is 2. The monoisotopic (exact) mass is 280 g/mol. The van der Waals surface area contributed by atoms with E-state index >= 15 is 0 Å². The van der Waals surface area contributed by atoms with E-state index < -0.39 is 11.4 Å². The molecule has 0 amide bonds. The number of nitrogens with zero attached hydrogens (tertiary/aromatic N) is 1. The minimum atomic E-state index is -0.708. The van der Waals surface area contributed by atoms with Crippen molar-refractivity contribution < 1.29 is 9.90 Å². The molecule has 1 aromatic carbocycles. The molecule has 2 N–H and O–H groups in total. The van der Waals surface area contributed by atoms with Crippen LogP contribution in [0.3, 0.4) is 0 Å². The Hall–Kier alpha value is -2.36. The number of rotatable bonds is 2. The van der Waals surface area contributed by atoms with Gasteiger partial charge in [0.2, 0.25) is 0 Å². The molecule has 1 aliphatic rings. The largest absolute Gasteiger partial charge is 0.481 e. The Morgan fingerprint density at radius 3 is 2.76 bits per heavy atom. The second-order valence-corrected chi connectivity index (χ2v) is 5.88. The second kappa shape index (κ2) is 4.32. The molecule has 2 aromatic heterocycles. The van der Waals surface area contributed by atoms with E-state index in [1.54, 1.807) is 6.20 Å². The Kier molecular flexibility index (Phi) is 2.55. The first-order chi connectivity index (χ1) is 10.2. The predicted octanol–water partition coefficient (Wildman–Crippen LogP) is 3.61. The van der Waals surface area contributed by atoms with Gasteiger partial charge in [-0.15, -0.1) is 0 Å². The normalized spacial score (nSPS) is 17.5. The van der Waals surface area contributed by atoms with Gasteiger partial charge in [0.05, 0.1) is 5.41 Å². The van der Waals surface area contributed by atoms with E-state index in [0.29, 0.717) is 0 Å². The molecule has 0 atom stereocenters. The van der Waals surface area contributed by atoms with Crippen LogP contribution in [-0.2, 0) is 10.2 Å². The highest BCUT2D eigenvalue weighted by Gasteiger charge is 2.42. The summed E-state index contributed by atoms with van der Waals surface area (Å²) in [6.07, 6.45) is 5.19. The molecule has 1 fully saturated rings. The standard InChI is InChI=1S/C17H16N2O2/c20-16(21)17(7-1-2-8-17)11-5-6-14-13(10-11)12-4-3-9-18-15(12)19-14/h3-6,9-10H,1-2,7-8H2,(H,18,19)(H,20,21). The molecule has 3 aromatic rings. The molecule has 1 saturated carbocycles. The fraction of sp³-hybridized carbons (Fsp3) is 0.294. The number of carboxylic acids is 1. The number of aromatic amines is 1. The van der Waals surface area contributed by atoms with Crippen molar-refractivity contribution in [3.8, 4) is 0 Å². The minimum Gasteiger partial charge on any atom is -0.481 e. The lowest BCUT2D eigenvalue weighted by Gasteiger charge is -2.24. The van der Waals surface area contributed by atoms with Gasteiger partial charge in [-0.2, -0.15) is 0 Å². The lowest BCUT2D eigenvalue weighted by molar-refractivity contribution is -0.143. The Morgan fingerprint density at radius 2 is 2.00 bits per heavy atom. The summed E-state index contributed by atoms with van der Waals surface area (Å²) in [6.45, 7) is 0. The van der Waals surface area contributed by atoms with Gasteiger partial charge in [0.15, 0.2) is 0 Å². The summed E-state index contributed by atoms with van der Waals surface area (Å²) in [5.74, 6) is -0.697. The van der Waals surface area contributed by atoms with Crippen LogP contribution in [0.4, 0.5) is 0 Å². The smallest absolute Gasteiger partial charge is 0.314 e. The summed E-state index contributed by atoms with van der Waals surface area (Å²) in [4.78, 5) is 19.4. The van der Waals surface area contributed by atoms with Crippen LogP contribution >= 0.6 is 0 Å². The molecule has 0 radical (unpaired) electrons. The lowest BCUT2D eigenvalue weighted by Crippen LogP contribution is -2.32. The number of H-pyrrole nitrogens is 1. The van der Waals surface area contributed by atoms with Gasteiger partial charge >= 0.3 is 5.97 Å². The highest BCUT2D eigenvalue weighted by molar-refractivity contribution is 6.06. The van der Waals surface area contributed by atoms with E-state index in [-0.39, 0.29) is 0 Å². The number of carboxylic acid groups (broad SMARTS) is 1. The average molecular weight is 280 g/mol. The van der Waals surface area contributed by atoms with Crippen LogP contribution in [0.5, 0.6) is 0 Å². The van der Waals surface area contributed by atoms with Crippen molar-refractivity contribution in [2.75, 3.05) is 0 Å². The number of aromatic nitrogens is 2. The third-order valence-corrected chi connectivity index (χ3v) is 4.79. The van der Waals surface area contributed by atoms with Gasteiger partial charge in [-0.1, -0.05) is 18.9 Å². The van der Waals surface area contributed by atoms with Gasteiger partial charge in [-0.25, -0.2) is 4.98 Å². The maximum atomic E-state index is 11.8. The van der Waals surface area contributed by atoms with Crippen LogP contribution in [-0.4, -0.2) is 21.0 Å². The first-order valence-corrected chi connectivity index (χ1v) is 7.31. The molecule has 21 heavy (non-hydrogen) atoms. The van der Waals surface area contributed by atoms with Crippen LogP contribution < -0.4 is 0 Å². The summed E-state index contributed by atoms with van der Waals surface area (Å²) in [6, 6.07) is 9.90. The van der Waals surface area contributed by atoms with E-state index in [4.69, 9.17) is 0 Å². The summed E-state index contributed by atoms with van der Waals surface area (Å²) >= 11 is 0. The number of nitrogens with one attached hydrogen (secondary N) is 1. The summed E-state index contributed by atoms with van der Waals surface area (Å²) in [5.41, 5.74) is 2.07. The first kappa shape index (κ1) is 12.4. The van der Waals surface area contributed by atoms with Gasteiger partial charge in [-0.3, -0.25) is 4.79 Å². The van der Waals surface area contributed by atoms with Crippen molar-refractivity contribution in [3.63, 3.8) is 0 Å². The third-order valence-electron chi connectivity index (χ3n) is 4.79. The van der Waals surface area contributed by atoms with Crippen molar-refractivity contribution in [1.29, 1.82) is 0 Å². The first-order valence-electron chi connectivity index (χ1n) is 7.31. The number of aliphatic carboxylic acids is 1. The fourth-order valence-electron chi connectivity index (χ4n) is 3.63. The highest BCUT2D eigenvalue weighted by Crippen LogP contribution is 2.42. The van der Waals surface area contributed by atoms with Crippen molar-refractivity contribution in [2.24, 2.45) is 0 Å². The minimum absolute atomic E-state index is 0.697. The molecule has 0 spiro atoms. The van der Waals surface area contributed by atoms with Gasteiger partial charge < -0.3 is 10.1 Å². The van der Waals surface area contributed by atoms with Gasteiger partial charge in [0, 0.05) is 22.5 Å². The zero-order valence-electron chi connectivity index (χ0n) is 11.6. The number of fused-ring (bicyclic) bond motifs is 3. The van der Waals surface area contributed by atoms with Crippen LogP contribution in [0, 0.1) is 0 Å². The average Bonchev–Trinajstić information content (AvgIpc) is 3.12. The van der Waals surface area contributed by atoms with E-state index in [2.05, 4.69) is 9.97 Å². The Balaban J connectivity index is 1.97. The van der Waals surface area contributed by atoms with Crippen molar-refractivity contribution in [3.05, 3.63) is 42.1 Å². The maximum absolute atomic E-state index is 11.8. The zero-order chi connectivity index (χ0) is 14.4. The molecular formula is C17H16N2O2. The van der Waals surface area contributed by atoms with E-state index in [0.717, 1.165) is 53.2 Å². The van der Waals surface area contributed by atoms with Crippen molar-refractivity contribution in [2.45, 2.75) is 31.1 Å². The lowest BCUT2D eigenvalue weighted by atomic mass is 9.78. The van der Waals surface area contributed by atoms with Gasteiger partial charge in [0.25, 0.3) is 0 Å². The van der Waals surface area contributed by atoms with Gasteiger partial charge in [-0.05, 0) is 42.7 Å². The molecule has 4 nitrogen and oxygen atoms in total. The molecule has 0 saturated heterocycles. The summed E-state index contributed by atoms with van der Waals surface area (Å²) in [7, 11) is 0. The molecular weight excluding hydrogens is 264 g/mol. The van der Waals surface area contributed by atoms with Crippen LogP contribution in [0.1, 0.15) is 31.2 Å². The molecule has 0 bridgehead atoms. The molecule has 2 heterocycles. The fourth-order valence-corrected chi connectivity index (χ4v) is 3.63. The number of benzene rings is 1. The third kappa shape index (κ3) is 1.68. The molecule has 0 unspecified atom stereocenters. The topological polar surface area (TPSA) is 66.0 Å². The van der Waals surface area contributed by atoms with Crippen molar-refractivity contribution in [1.82, 2.24) is 9.97 Å². The van der Waals surface area contributed by atoms with E-state index in [9.17, 15) is 9.90 Å². The van der Waals surface area contributed by atoms with Gasteiger partial charge in [0.1, 0.15) is 5.65 Å². The molecule has 1 aliphatic carbocycles. The predicted molar refractivity (Wildman–Crippen MR) is 81.4 cm³/mol. The summed E-state index contributed by atoms with van der Waals surface area (Å²) < 4.78 is 0. The zero-order valence-corrected chi connectivity index (χ0v) is 11.6. The van der Waals surface area contributed by atoms with Crippen molar-refractivity contribution >= 4 is 27.9 Å². The number of carbonyl (C=O) groups is 1. The Labute approximate surface area is 121 Å². The second-order valence-electron chi connectivity index (χ2n) is 5.88. The molecule has 4 rings (SSSR count). The van der Waals surface area contributed by atoms with E-state index in [1.807, 2.05) is 30.3 Å². The summed E-state index contributed by atoms with van der Waals surface area (Å²) in [5, 5.41) is 11.8. The number of pyridine rings is 1. The number of hydrogen-bond acceptors (Lipinski definition) is 2. The highest BCUT2D eigenvalue weighted by atomic mass is 16.4. The maximum Gasteiger partial charge on any atom is 0.314 e. The quantitative estimate of drug-likeness (QED) is 0.753. The molecule has 106 valence electrons.